The number of rotatable bonds is 10. The molecule has 0 aliphatic carbocycles. The Bertz CT molecular complexity index is 171. The van der Waals surface area contributed by atoms with Crippen molar-refractivity contribution in [3.05, 3.63) is 0 Å². The Hall–Kier alpha value is -0.120. The molecule has 0 spiro atoms. The molecule has 3 heteroatoms. The second kappa shape index (κ2) is 8.06. The average molecular weight is 244 g/mol. The Balaban J connectivity index is 3.99. The standard InChI is InChI=1S/C14H32N2O/c1-13(2,9-7-11-15-5)17-14(3,4)10-8-12-16-6/h15-16H,7-12H2,1-6H3. The maximum absolute atomic E-state index is 6.26. The largest absolute Gasteiger partial charge is 0.370 e. The Labute approximate surface area is 108 Å². The third kappa shape index (κ3) is 9.57. The maximum atomic E-state index is 6.26. The van der Waals surface area contributed by atoms with E-state index >= 15 is 0 Å². The van der Waals surface area contributed by atoms with E-state index in [1.54, 1.807) is 0 Å². The molecule has 17 heavy (non-hydrogen) atoms. The number of nitrogens with one attached hydrogen (secondary N) is 2. The summed E-state index contributed by atoms with van der Waals surface area (Å²) in [5, 5.41) is 6.36. The fourth-order valence-corrected chi connectivity index (χ4v) is 2.23. The van der Waals surface area contributed by atoms with Crippen LogP contribution >= 0.6 is 0 Å². The Morgan fingerprint density at radius 3 is 1.41 bits per heavy atom. The van der Waals surface area contributed by atoms with Crippen molar-refractivity contribution in [2.75, 3.05) is 27.2 Å². The highest BCUT2D eigenvalue weighted by atomic mass is 16.5. The zero-order valence-electron chi connectivity index (χ0n) is 12.7. The molecule has 0 aliphatic heterocycles. The summed E-state index contributed by atoms with van der Waals surface area (Å²) in [5.74, 6) is 0. The van der Waals surface area contributed by atoms with Crippen molar-refractivity contribution in [3.8, 4) is 0 Å². The van der Waals surface area contributed by atoms with Crippen molar-refractivity contribution < 1.29 is 4.74 Å². The van der Waals surface area contributed by atoms with Crippen LogP contribution in [0.3, 0.4) is 0 Å². The third-order valence-electron chi connectivity index (χ3n) is 2.96. The lowest BCUT2D eigenvalue weighted by molar-refractivity contribution is -0.130. The van der Waals surface area contributed by atoms with E-state index in [9.17, 15) is 0 Å². The van der Waals surface area contributed by atoms with Gasteiger partial charge >= 0.3 is 0 Å². The van der Waals surface area contributed by atoms with Crippen molar-refractivity contribution in [3.63, 3.8) is 0 Å². The molecule has 0 radical (unpaired) electrons. The van der Waals surface area contributed by atoms with Crippen molar-refractivity contribution >= 4 is 0 Å². The predicted octanol–water partition coefficient (Wildman–Crippen LogP) is 2.56. The normalized spacial score (nSPS) is 13.1. The van der Waals surface area contributed by atoms with Gasteiger partial charge in [-0.1, -0.05) is 0 Å². The van der Waals surface area contributed by atoms with Crippen LogP contribution in [0.15, 0.2) is 0 Å². The zero-order valence-corrected chi connectivity index (χ0v) is 12.7. The lowest BCUT2D eigenvalue weighted by Gasteiger charge is -2.36. The molecule has 0 saturated heterocycles. The van der Waals surface area contributed by atoms with Gasteiger partial charge in [-0.25, -0.2) is 0 Å². The van der Waals surface area contributed by atoms with Crippen molar-refractivity contribution in [1.82, 2.24) is 10.6 Å². The van der Waals surface area contributed by atoms with Crippen LogP contribution in [0.1, 0.15) is 53.4 Å². The van der Waals surface area contributed by atoms with Gasteiger partial charge in [0.2, 0.25) is 0 Å². The first-order valence-electron chi connectivity index (χ1n) is 6.82. The first-order chi connectivity index (χ1) is 7.83. The van der Waals surface area contributed by atoms with Crippen LogP contribution in [0.25, 0.3) is 0 Å². The zero-order chi connectivity index (χ0) is 13.4. The topological polar surface area (TPSA) is 33.3 Å². The predicted molar refractivity (Wildman–Crippen MR) is 75.6 cm³/mol. The summed E-state index contributed by atoms with van der Waals surface area (Å²) in [4.78, 5) is 0. The lowest BCUT2D eigenvalue weighted by atomic mass is 9.97. The quantitative estimate of drug-likeness (QED) is 0.580. The highest BCUT2D eigenvalue weighted by molar-refractivity contribution is 4.78. The van der Waals surface area contributed by atoms with Crippen molar-refractivity contribution in [2.24, 2.45) is 0 Å². The second-order valence-electron chi connectivity index (χ2n) is 6.04. The van der Waals surface area contributed by atoms with Crippen LogP contribution in [-0.4, -0.2) is 38.4 Å². The van der Waals surface area contributed by atoms with Crippen LogP contribution in [0.5, 0.6) is 0 Å². The van der Waals surface area contributed by atoms with Crippen molar-refractivity contribution in [1.29, 1.82) is 0 Å². The molecule has 0 fully saturated rings. The highest BCUT2D eigenvalue weighted by Crippen LogP contribution is 2.27. The molecule has 0 aliphatic rings. The number of hydrogen-bond donors (Lipinski definition) is 2. The molecule has 0 heterocycles. The minimum atomic E-state index is -0.0278. The summed E-state index contributed by atoms with van der Waals surface area (Å²) in [5.41, 5.74) is -0.0556. The van der Waals surface area contributed by atoms with Gasteiger partial charge in [0.05, 0.1) is 11.2 Å². The van der Waals surface area contributed by atoms with Gasteiger partial charge in [-0.05, 0) is 80.6 Å². The van der Waals surface area contributed by atoms with Crippen LogP contribution in [0.4, 0.5) is 0 Å². The van der Waals surface area contributed by atoms with Gasteiger partial charge in [0.15, 0.2) is 0 Å². The van der Waals surface area contributed by atoms with Crippen LogP contribution in [-0.2, 0) is 4.74 Å². The highest BCUT2D eigenvalue weighted by Gasteiger charge is 2.28. The first kappa shape index (κ1) is 16.9. The molecule has 0 amide bonds. The van der Waals surface area contributed by atoms with Gasteiger partial charge in [-0.3, -0.25) is 0 Å². The first-order valence-corrected chi connectivity index (χ1v) is 6.82. The van der Waals surface area contributed by atoms with Gasteiger partial charge < -0.3 is 15.4 Å². The van der Waals surface area contributed by atoms with Gasteiger partial charge in [0.1, 0.15) is 0 Å². The molecule has 0 atom stereocenters. The third-order valence-corrected chi connectivity index (χ3v) is 2.96. The second-order valence-corrected chi connectivity index (χ2v) is 6.04. The average Bonchev–Trinajstić information content (AvgIpc) is 2.16. The molecule has 104 valence electrons. The SMILES string of the molecule is CNCCCC(C)(C)OC(C)(C)CCCNC. The molecule has 0 aromatic heterocycles. The van der Waals surface area contributed by atoms with E-state index in [4.69, 9.17) is 4.74 Å². The van der Waals surface area contributed by atoms with Gasteiger partial charge in [0, 0.05) is 0 Å². The summed E-state index contributed by atoms with van der Waals surface area (Å²) in [6.45, 7) is 10.9. The molecule has 3 nitrogen and oxygen atoms in total. The van der Waals surface area contributed by atoms with Gasteiger partial charge in [-0.2, -0.15) is 0 Å². The molecule has 0 rings (SSSR count). The van der Waals surface area contributed by atoms with Gasteiger partial charge in [0.25, 0.3) is 0 Å². The van der Waals surface area contributed by atoms with Gasteiger partial charge in [-0.15, -0.1) is 0 Å². The number of ether oxygens (including phenoxy) is 1. The number of hydrogen-bond acceptors (Lipinski definition) is 3. The molecule has 0 saturated carbocycles. The molecular weight excluding hydrogens is 212 g/mol. The van der Waals surface area contributed by atoms with Crippen LogP contribution in [0.2, 0.25) is 0 Å². The maximum Gasteiger partial charge on any atom is 0.0634 e. The smallest absolute Gasteiger partial charge is 0.0634 e. The summed E-state index contributed by atoms with van der Waals surface area (Å²) < 4.78 is 6.26. The fourth-order valence-electron chi connectivity index (χ4n) is 2.23. The molecule has 0 bridgehead atoms. The molecule has 0 aromatic rings. The van der Waals surface area contributed by atoms with Crippen molar-refractivity contribution in [2.45, 2.75) is 64.6 Å². The monoisotopic (exact) mass is 244 g/mol. The van der Waals surface area contributed by atoms with E-state index < -0.39 is 0 Å². The van der Waals surface area contributed by atoms with E-state index in [0.29, 0.717) is 0 Å². The molecule has 0 unspecified atom stereocenters. The van der Waals surface area contributed by atoms with E-state index in [0.717, 1.165) is 38.8 Å². The lowest BCUT2D eigenvalue weighted by Crippen LogP contribution is -2.37. The summed E-state index contributed by atoms with van der Waals surface area (Å²) in [7, 11) is 3.99. The Morgan fingerprint density at radius 1 is 0.765 bits per heavy atom. The van der Waals surface area contributed by atoms with E-state index in [1.807, 2.05) is 14.1 Å². The van der Waals surface area contributed by atoms with E-state index in [2.05, 4.69) is 38.3 Å². The fraction of sp³-hybridized carbons (Fsp3) is 1.00. The molecule has 0 aromatic carbocycles. The minimum absolute atomic E-state index is 0.0278. The summed E-state index contributed by atoms with van der Waals surface area (Å²) >= 11 is 0. The Morgan fingerprint density at radius 2 is 1.12 bits per heavy atom. The summed E-state index contributed by atoms with van der Waals surface area (Å²) in [6, 6.07) is 0. The van der Waals surface area contributed by atoms with E-state index in [1.165, 1.54) is 0 Å². The molecular formula is C14H32N2O. The summed E-state index contributed by atoms with van der Waals surface area (Å²) in [6.07, 6.45) is 4.53. The van der Waals surface area contributed by atoms with Crippen LogP contribution < -0.4 is 10.6 Å². The Kier molecular flexibility index (Phi) is 8.01. The van der Waals surface area contributed by atoms with E-state index in [-0.39, 0.29) is 11.2 Å². The minimum Gasteiger partial charge on any atom is -0.370 e. The van der Waals surface area contributed by atoms with Crippen LogP contribution in [0, 0.1) is 0 Å². The molecule has 2 N–H and O–H groups in total.